The van der Waals surface area contributed by atoms with Gasteiger partial charge in [0.15, 0.2) is 0 Å². The highest BCUT2D eigenvalue weighted by atomic mass is 35.5. The van der Waals surface area contributed by atoms with Crippen LogP contribution in [-0.4, -0.2) is 62.1 Å². The van der Waals surface area contributed by atoms with Crippen LogP contribution in [0.2, 0.25) is 5.02 Å². The zero-order valence-electron chi connectivity index (χ0n) is 34.6. The summed E-state index contributed by atoms with van der Waals surface area (Å²) in [5.74, 6) is 1.54. The van der Waals surface area contributed by atoms with Crippen molar-refractivity contribution in [3.8, 4) is 11.5 Å². The molecule has 4 heterocycles. The van der Waals surface area contributed by atoms with E-state index >= 15 is 0 Å². The molecule has 1 aliphatic carbocycles. The normalized spacial score (nSPS) is 20.0. The number of benzene rings is 3. The lowest BCUT2D eigenvalue weighted by atomic mass is 9.63. The molecule has 0 unspecified atom stereocenters. The molecule has 61 heavy (non-hydrogen) atoms. The van der Waals surface area contributed by atoms with E-state index in [1.54, 1.807) is 24.4 Å². The minimum Gasteiger partial charge on any atom is -0.455 e. The molecule has 13 nitrogen and oxygen atoms in total. The van der Waals surface area contributed by atoms with Crippen molar-refractivity contribution in [2.24, 2.45) is 23.2 Å². The molecule has 3 N–H and O–H groups in total. The van der Waals surface area contributed by atoms with Crippen molar-refractivity contribution in [2.75, 3.05) is 43.1 Å². The number of ether oxygens (including phenoxy) is 2. The summed E-state index contributed by atoms with van der Waals surface area (Å²) in [7, 11) is -4.54. The van der Waals surface area contributed by atoms with Gasteiger partial charge in [-0.15, -0.1) is 0 Å². The number of halogens is 1. The first kappa shape index (κ1) is 42.5. The second-order valence-electron chi connectivity index (χ2n) is 17.7. The first-order chi connectivity index (χ1) is 29.3. The van der Waals surface area contributed by atoms with E-state index in [0.717, 1.165) is 67.4 Å². The van der Waals surface area contributed by atoms with Crippen molar-refractivity contribution in [2.45, 2.75) is 76.0 Å². The third kappa shape index (κ3) is 10.1. The van der Waals surface area contributed by atoms with Crippen molar-refractivity contribution in [3.63, 3.8) is 0 Å². The van der Waals surface area contributed by atoms with Gasteiger partial charge < -0.3 is 24.7 Å². The highest BCUT2D eigenvalue weighted by Crippen LogP contribution is 2.50. The molecule has 1 saturated carbocycles. The van der Waals surface area contributed by atoms with Crippen LogP contribution in [0.3, 0.4) is 0 Å². The van der Waals surface area contributed by atoms with Gasteiger partial charge in [-0.3, -0.25) is 14.9 Å². The Morgan fingerprint density at radius 1 is 1.00 bits per heavy atom. The van der Waals surface area contributed by atoms with Crippen molar-refractivity contribution >= 4 is 55.6 Å². The number of nitro benzene ring substituents is 1. The third-order valence-corrected chi connectivity index (χ3v) is 14.5. The minimum absolute atomic E-state index is 0.0194. The third-order valence-electron chi connectivity index (χ3n) is 12.9. The van der Waals surface area contributed by atoms with Crippen LogP contribution in [0.4, 0.5) is 17.1 Å². The number of aromatic amines is 1. The van der Waals surface area contributed by atoms with Crippen molar-refractivity contribution in [1.82, 2.24) is 14.7 Å². The molecule has 15 heteroatoms. The number of carbonyl (C=O) groups excluding carboxylic acids is 1. The van der Waals surface area contributed by atoms with E-state index in [9.17, 15) is 23.3 Å². The first-order valence-electron chi connectivity index (χ1n) is 21.2. The van der Waals surface area contributed by atoms with Crippen molar-refractivity contribution in [3.05, 3.63) is 111 Å². The van der Waals surface area contributed by atoms with E-state index in [1.165, 1.54) is 43.2 Å². The van der Waals surface area contributed by atoms with Crippen LogP contribution in [0, 0.1) is 33.3 Å². The molecule has 1 amide bonds. The van der Waals surface area contributed by atoms with Crippen LogP contribution < -0.4 is 19.7 Å². The first-order valence-corrected chi connectivity index (χ1v) is 23.1. The summed E-state index contributed by atoms with van der Waals surface area (Å²) in [4.78, 5) is 34.7. The molecule has 3 aromatic carbocycles. The Morgan fingerprint density at radius 2 is 1.77 bits per heavy atom. The predicted molar refractivity (Wildman–Crippen MR) is 237 cm³/mol. The highest BCUT2D eigenvalue weighted by Gasteiger charge is 2.37. The number of rotatable bonds is 13. The molecule has 2 aliphatic heterocycles. The summed E-state index contributed by atoms with van der Waals surface area (Å²) < 4.78 is 41.2. The van der Waals surface area contributed by atoms with Crippen LogP contribution >= 0.6 is 11.6 Å². The SMILES string of the molecule is CC1(C)CC[C@@H](CC2CCN(c3ccc(C(=O)NS(=O)(=O)c4ccc(NCC5CCOCC5)c([N+](=O)[O-])c4)c(Oc4cnc5[nH]ccc5c4)c3)CC2)[C@H](c2ccc(Cl)cc2)C1. The van der Waals surface area contributed by atoms with Crippen LogP contribution in [0.1, 0.15) is 87.1 Å². The number of carbonyl (C=O) groups is 1. The number of fused-ring (bicyclic) bond motifs is 1. The Labute approximate surface area is 361 Å². The van der Waals surface area contributed by atoms with Crippen molar-refractivity contribution < 1.29 is 27.6 Å². The van der Waals surface area contributed by atoms with Crippen LogP contribution in [0.25, 0.3) is 11.0 Å². The predicted octanol–water partition coefficient (Wildman–Crippen LogP) is 10.1. The summed E-state index contributed by atoms with van der Waals surface area (Å²) >= 11 is 6.26. The molecule has 8 rings (SSSR count). The summed E-state index contributed by atoms with van der Waals surface area (Å²) in [6.45, 7) is 8.15. The number of hydrogen-bond acceptors (Lipinski definition) is 10. The number of anilines is 2. The molecule has 2 aromatic heterocycles. The monoisotopic (exact) mass is 868 g/mol. The average Bonchev–Trinajstić information content (AvgIpc) is 3.72. The Hall–Kier alpha value is -5.18. The van der Waals surface area contributed by atoms with Gasteiger partial charge in [-0.05, 0) is 135 Å². The molecular formula is C46H53ClN6O7S. The largest absolute Gasteiger partial charge is 0.455 e. The Balaban J connectivity index is 0.987. The lowest BCUT2D eigenvalue weighted by Gasteiger charge is -2.43. The van der Waals surface area contributed by atoms with Gasteiger partial charge in [-0.2, -0.15) is 0 Å². The molecule has 5 aromatic rings. The average molecular weight is 869 g/mol. The maximum absolute atomic E-state index is 13.9. The van der Waals surface area contributed by atoms with E-state index in [1.807, 2.05) is 24.3 Å². The number of pyridine rings is 1. The fraction of sp³-hybridized carbons (Fsp3) is 0.435. The Morgan fingerprint density at radius 3 is 2.52 bits per heavy atom. The number of piperidine rings is 1. The van der Waals surface area contributed by atoms with Gasteiger partial charge in [-0.25, -0.2) is 18.1 Å². The molecule has 2 atom stereocenters. The number of aromatic nitrogens is 2. The number of hydrogen-bond donors (Lipinski definition) is 3. The molecule has 0 radical (unpaired) electrons. The summed E-state index contributed by atoms with van der Waals surface area (Å²) in [5, 5.41) is 16.7. The van der Waals surface area contributed by atoms with Gasteiger partial charge in [0.2, 0.25) is 0 Å². The van der Waals surface area contributed by atoms with Gasteiger partial charge in [0.05, 0.1) is 21.6 Å². The topological polar surface area (TPSA) is 169 Å². The standard InChI is InChI=1S/C46H53ClN6O7S/c1-46(2)17-11-33(40(27-46)32-3-5-35(47)6-4-32)23-30-13-19-52(20-14-30)36-7-9-39(43(25-36)60-37-24-34-12-18-48-44(34)50-29-37)45(54)51-61(57,58)38-8-10-41(42(26-38)53(55)56)49-28-31-15-21-59-22-16-31/h3-10,12,18,24-26,29-31,33,40,49H,11,13-17,19-23,27-28H2,1-2H3,(H,48,50)(H,51,54)/t33-,40-/m0/s1. The van der Waals surface area contributed by atoms with Gasteiger partial charge in [0.1, 0.15) is 22.8 Å². The second kappa shape index (κ2) is 18.0. The Kier molecular flexibility index (Phi) is 12.6. The molecule has 322 valence electrons. The van der Waals surface area contributed by atoms with Gasteiger partial charge >= 0.3 is 0 Å². The number of amides is 1. The number of sulfonamides is 1. The molecule has 0 spiro atoms. The van der Waals surface area contributed by atoms with E-state index < -0.39 is 31.4 Å². The maximum atomic E-state index is 13.9. The quantitative estimate of drug-likeness (QED) is 0.0765. The zero-order valence-corrected chi connectivity index (χ0v) is 36.1. The molecular weight excluding hydrogens is 816 g/mol. The highest BCUT2D eigenvalue weighted by molar-refractivity contribution is 7.90. The van der Waals surface area contributed by atoms with Gasteiger partial charge in [0, 0.05) is 67.3 Å². The van der Waals surface area contributed by atoms with E-state index in [2.05, 4.69) is 50.9 Å². The second-order valence-corrected chi connectivity index (χ2v) is 19.8. The van der Waals surface area contributed by atoms with Crippen LogP contribution in [0.15, 0.2) is 90.1 Å². The van der Waals surface area contributed by atoms with E-state index in [0.29, 0.717) is 54.3 Å². The fourth-order valence-corrected chi connectivity index (χ4v) is 10.5. The summed E-state index contributed by atoms with van der Waals surface area (Å²) in [6, 6.07) is 20.8. The van der Waals surface area contributed by atoms with Crippen molar-refractivity contribution in [1.29, 1.82) is 0 Å². The van der Waals surface area contributed by atoms with Gasteiger partial charge in [0.25, 0.3) is 21.6 Å². The van der Waals surface area contributed by atoms with Crippen LogP contribution in [-0.2, 0) is 14.8 Å². The lowest BCUT2D eigenvalue weighted by Crippen LogP contribution is -2.36. The number of nitro groups is 1. The Bertz CT molecular complexity index is 2480. The lowest BCUT2D eigenvalue weighted by molar-refractivity contribution is -0.384. The summed E-state index contributed by atoms with van der Waals surface area (Å²) in [5.41, 5.74) is 2.97. The molecule has 3 fully saturated rings. The fourth-order valence-electron chi connectivity index (χ4n) is 9.38. The number of H-pyrrole nitrogens is 1. The minimum atomic E-state index is -4.54. The molecule has 0 bridgehead atoms. The molecule has 2 saturated heterocycles. The van der Waals surface area contributed by atoms with E-state index in [4.69, 9.17) is 21.1 Å². The smallest absolute Gasteiger partial charge is 0.293 e. The van der Waals surface area contributed by atoms with Gasteiger partial charge in [-0.1, -0.05) is 37.6 Å². The summed E-state index contributed by atoms with van der Waals surface area (Å²) in [6.07, 6.45) is 11.8. The van der Waals surface area contributed by atoms with E-state index in [-0.39, 0.29) is 22.9 Å². The number of nitrogens with one attached hydrogen (secondary N) is 3. The number of nitrogens with zero attached hydrogens (tertiary/aromatic N) is 3. The molecule has 3 aliphatic rings. The maximum Gasteiger partial charge on any atom is 0.293 e. The zero-order chi connectivity index (χ0) is 42.7. The van der Waals surface area contributed by atoms with Crippen LogP contribution in [0.5, 0.6) is 11.5 Å².